The van der Waals surface area contributed by atoms with Crippen LogP contribution in [0.5, 0.6) is 0 Å². The zero-order valence-electron chi connectivity index (χ0n) is 16.7. The Morgan fingerprint density at radius 3 is 2.41 bits per heavy atom. The Hall–Kier alpha value is -2.14. The predicted octanol–water partition coefficient (Wildman–Crippen LogP) is 3.16. The van der Waals surface area contributed by atoms with E-state index < -0.39 is 20.5 Å². The lowest BCUT2D eigenvalue weighted by molar-refractivity contribution is -0.384. The number of nitro benzene ring substituents is 1. The molecule has 0 bridgehead atoms. The molecule has 0 radical (unpaired) electrons. The van der Waals surface area contributed by atoms with Crippen molar-refractivity contribution >= 4 is 33.2 Å². The van der Waals surface area contributed by atoms with Crippen molar-refractivity contribution in [3.8, 4) is 0 Å². The highest BCUT2D eigenvalue weighted by Gasteiger charge is 2.28. The first-order valence-corrected chi connectivity index (χ1v) is 11.5. The van der Waals surface area contributed by atoms with Crippen molar-refractivity contribution < 1.29 is 13.3 Å². The Morgan fingerprint density at radius 2 is 1.86 bits per heavy atom. The molecular formula is C19H26N4O4S2. The van der Waals surface area contributed by atoms with Gasteiger partial charge in [-0.05, 0) is 58.3 Å². The van der Waals surface area contributed by atoms with Crippen LogP contribution in [0.3, 0.4) is 0 Å². The van der Waals surface area contributed by atoms with Crippen molar-refractivity contribution in [2.45, 2.75) is 28.7 Å². The first-order chi connectivity index (χ1) is 13.5. The summed E-state index contributed by atoms with van der Waals surface area (Å²) >= 11 is 1.65. The van der Waals surface area contributed by atoms with E-state index in [0.29, 0.717) is 5.75 Å². The lowest BCUT2D eigenvalue weighted by Gasteiger charge is -2.33. The number of thioether (sulfide) groups is 1. The van der Waals surface area contributed by atoms with Gasteiger partial charge in [0.25, 0.3) is 5.69 Å². The van der Waals surface area contributed by atoms with Crippen molar-refractivity contribution in [2.75, 3.05) is 31.7 Å². The molecule has 0 saturated heterocycles. The molecule has 2 aromatic carbocycles. The molecule has 2 aromatic rings. The number of rotatable bonds is 10. The Morgan fingerprint density at radius 1 is 1.21 bits per heavy atom. The Kier molecular flexibility index (Phi) is 7.64. The maximum Gasteiger partial charge on any atom is 0.293 e. The van der Waals surface area contributed by atoms with Crippen molar-refractivity contribution in [1.29, 1.82) is 0 Å². The van der Waals surface area contributed by atoms with E-state index in [0.717, 1.165) is 23.9 Å². The first kappa shape index (κ1) is 23.1. The number of nitrogens with zero attached hydrogens (tertiary/aromatic N) is 2. The minimum absolute atomic E-state index is 0.261. The predicted molar refractivity (Wildman–Crippen MR) is 117 cm³/mol. The molecule has 0 saturated carbocycles. The van der Waals surface area contributed by atoms with Crippen LogP contribution in [0.25, 0.3) is 0 Å². The standard InChI is InChI=1S/C19H26N4O4S2/c1-19(11-12-22(2)3,14-28-15-7-5-4-6-8-15)21-17-10-9-16(29(20,26)27)13-18(17)23(24)25/h4-10,13,21H,11-12,14H2,1-3H3,(H2,20,26,27)/t19-/m1/s1. The van der Waals surface area contributed by atoms with Crippen molar-refractivity contribution in [1.82, 2.24) is 4.90 Å². The number of benzene rings is 2. The number of anilines is 1. The highest BCUT2D eigenvalue weighted by Crippen LogP contribution is 2.33. The summed E-state index contributed by atoms with van der Waals surface area (Å²) in [4.78, 5) is 13.8. The fourth-order valence-electron chi connectivity index (χ4n) is 2.67. The summed E-state index contributed by atoms with van der Waals surface area (Å²) < 4.78 is 23.1. The van der Waals surface area contributed by atoms with E-state index in [1.54, 1.807) is 11.8 Å². The van der Waals surface area contributed by atoms with Crippen LogP contribution in [0.4, 0.5) is 11.4 Å². The number of nitrogens with one attached hydrogen (secondary N) is 1. The van der Waals surface area contributed by atoms with Crippen LogP contribution >= 0.6 is 11.8 Å². The quantitative estimate of drug-likeness (QED) is 0.332. The number of sulfonamides is 1. The van der Waals surface area contributed by atoms with Gasteiger partial charge in [-0.3, -0.25) is 10.1 Å². The Labute approximate surface area is 175 Å². The average Bonchev–Trinajstić information content (AvgIpc) is 2.65. The van der Waals surface area contributed by atoms with Crippen LogP contribution in [0.15, 0.2) is 58.3 Å². The molecule has 8 nitrogen and oxygen atoms in total. The smallest absolute Gasteiger partial charge is 0.293 e. The molecule has 158 valence electrons. The van der Waals surface area contributed by atoms with Crippen LogP contribution < -0.4 is 10.5 Å². The van der Waals surface area contributed by atoms with E-state index in [-0.39, 0.29) is 16.3 Å². The highest BCUT2D eigenvalue weighted by molar-refractivity contribution is 7.99. The molecule has 0 spiro atoms. The fraction of sp³-hybridized carbons (Fsp3) is 0.368. The molecule has 3 N–H and O–H groups in total. The van der Waals surface area contributed by atoms with Crippen molar-refractivity contribution in [3.63, 3.8) is 0 Å². The van der Waals surface area contributed by atoms with Gasteiger partial charge in [-0.25, -0.2) is 13.6 Å². The van der Waals surface area contributed by atoms with Gasteiger partial charge in [0.05, 0.1) is 9.82 Å². The van der Waals surface area contributed by atoms with E-state index in [1.807, 2.05) is 56.3 Å². The molecule has 0 heterocycles. The largest absolute Gasteiger partial charge is 0.373 e. The third-order valence-corrected chi connectivity index (χ3v) is 6.64. The maximum absolute atomic E-state index is 11.6. The van der Waals surface area contributed by atoms with E-state index in [4.69, 9.17) is 5.14 Å². The maximum atomic E-state index is 11.6. The summed E-state index contributed by atoms with van der Waals surface area (Å²) in [6.45, 7) is 2.78. The van der Waals surface area contributed by atoms with Gasteiger partial charge in [0.1, 0.15) is 5.69 Å². The molecule has 2 rings (SSSR count). The average molecular weight is 439 g/mol. The number of nitrogens with two attached hydrogens (primary N) is 1. The van der Waals surface area contributed by atoms with Crippen molar-refractivity contribution in [3.05, 3.63) is 58.6 Å². The summed E-state index contributed by atoms with van der Waals surface area (Å²) in [6, 6.07) is 13.6. The lowest BCUT2D eigenvalue weighted by Crippen LogP contribution is -2.40. The molecule has 0 fully saturated rings. The van der Waals surface area contributed by atoms with Gasteiger partial charge in [-0.15, -0.1) is 11.8 Å². The summed E-state index contributed by atoms with van der Waals surface area (Å²) in [5.41, 5.74) is -0.534. The molecule has 0 unspecified atom stereocenters. The molecule has 0 aliphatic rings. The molecule has 29 heavy (non-hydrogen) atoms. The lowest BCUT2D eigenvalue weighted by atomic mass is 9.99. The van der Waals surface area contributed by atoms with Gasteiger partial charge in [0.15, 0.2) is 0 Å². The molecule has 1 atom stereocenters. The van der Waals surface area contributed by atoms with Crippen LogP contribution in [0, 0.1) is 10.1 Å². The second-order valence-corrected chi connectivity index (χ2v) is 9.93. The molecule has 0 aromatic heterocycles. The third-order valence-electron chi connectivity index (χ3n) is 4.34. The van der Waals surface area contributed by atoms with Crippen LogP contribution in [0.1, 0.15) is 13.3 Å². The number of primary sulfonamides is 1. The van der Waals surface area contributed by atoms with Crippen LogP contribution in [0.2, 0.25) is 0 Å². The summed E-state index contributed by atoms with van der Waals surface area (Å²) in [7, 11) is -0.0973. The van der Waals surface area contributed by atoms with E-state index in [2.05, 4.69) is 5.32 Å². The van der Waals surface area contributed by atoms with Gasteiger partial charge < -0.3 is 10.2 Å². The summed E-state index contributed by atoms with van der Waals surface area (Å²) in [6.07, 6.45) is 0.730. The third kappa shape index (κ3) is 7.00. The van der Waals surface area contributed by atoms with Gasteiger partial charge in [0, 0.05) is 22.3 Å². The first-order valence-electron chi connectivity index (χ1n) is 8.92. The Bertz CT molecular complexity index is 952. The summed E-state index contributed by atoms with van der Waals surface area (Å²) in [5, 5.41) is 20.0. The zero-order chi connectivity index (χ0) is 21.7. The second kappa shape index (κ2) is 9.57. The van der Waals surface area contributed by atoms with Crippen LogP contribution in [-0.2, 0) is 10.0 Å². The van der Waals surface area contributed by atoms with Gasteiger partial charge in [-0.2, -0.15) is 0 Å². The minimum Gasteiger partial charge on any atom is -0.373 e. The van der Waals surface area contributed by atoms with Gasteiger partial charge in [0.2, 0.25) is 10.0 Å². The molecular weight excluding hydrogens is 412 g/mol. The zero-order valence-corrected chi connectivity index (χ0v) is 18.3. The van der Waals surface area contributed by atoms with Gasteiger partial charge >= 0.3 is 0 Å². The van der Waals surface area contributed by atoms with E-state index in [1.165, 1.54) is 12.1 Å². The summed E-state index contributed by atoms with van der Waals surface area (Å²) in [5.74, 6) is 0.666. The molecule has 10 heteroatoms. The van der Waals surface area contributed by atoms with Gasteiger partial charge in [-0.1, -0.05) is 18.2 Å². The monoisotopic (exact) mass is 438 g/mol. The Balaban J connectivity index is 2.32. The van der Waals surface area contributed by atoms with Crippen molar-refractivity contribution in [2.24, 2.45) is 5.14 Å². The minimum atomic E-state index is -4.03. The number of hydrogen-bond acceptors (Lipinski definition) is 7. The highest BCUT2D eigenvalue weighted by atomic mass is 32.2. The SMILES string of the molecule is CN(C)CC[C@](C)(CSc1ccccc1)Nc1ccc(S(N)(=O)=O)cc1[N+](=O)[O-]. The molecule has 0 aliphatic carbocycles. The fourth-order valence-corrected chi connectivity index (χ4v) is 4.26. The number of nitro groups is 1. The second-order valence-electron chi connectivity index (χ2n) is 7.32. The normalized spacial score (nSPS) is 13.8. The number of hydrogen-bond donors (Lipinski definition) is 2. The van der Waals surface area contributed by atoms with Crippen LogP contribution in [-0.4, -0.2) is 50.2 Å². The van der Waals surface area contributed by atoms with E-state index >= 15 is 0 Å². The topological polar surface area (TPSA) is 119 Å². The van der Waals surface area contributed by atoms with E-state index in [9.17, 15) is 18.5 Å². The molecule has 0 amide bonds. The molecule has 0 aliphatic heterocycles.